The van der Waals surface area contributed by atoms with E-state index in [4.69, 9.17) is 10.8 Å². The maximum atomic E-state index is 10.1. The Morgan fingerprint density at radius 1 is 1.67 bits per heavy atom. The first-order valence-corrected chi connectivity index (χ1v) is 3.84. The summed E-state index contributed by atoms with van der Waals surface area (Å²) in [5.74, 6) is -1.02. The van der Waals surface area contributed by atoms with Gasteiger partial charge in [-0.25, -0.2) is 4.57 Å². The average molecular weight is 202 g/mol. The summed E-state index contributed by atoms with van der Waals surface area (Å²) in [4.78, 5) is 10.1. The van der Waals surface area contributed by atoms with Crippen molar-refractivity contribution in [2.24, 2.45) is 5.73 Å². The molecule has 3 N–H and O–H groups in total. The Morgan fingerprint density at radius 3 is 2.67 bits per heavy atom. The molecular formula is C5H10NNaO4P. The van der Waals surface area contributed by atoms with Gasteiger partial charge in [-0.05, 0) is 12.8 Å². The second-order valence-electron chi connectivity index (χ2n) is 1.99. The largest absolute Gasteiger partial charge is 0.480 e. The van der Waals surface area contributed by atoms with Crippen LogP contribution in [0.1, 0.15) is 12.8 Å². The minimum absolute atomic E-state index is 0. The van der Waals surface area contributed by atoms with Gasteiger partial charge in [0.2, 0.25) is 0 Å². The zero-order valence-electron chi connectivity index (χ0n) is 6.90. The molecule has 0 aromatic rings. The van der Waals surface area contributed by atoms with Crippen molar-refractivity contribution >= 4 is 44.2 Å². The molecule has 65 valence electrons. The predicted octanol–water partition coefficient (Wildman–Crippen LogP) is 0.0210. The smallest absolute Gasteiger partial charge is 0.327 e. The van der Waals surface area contributed by atoms with Crippen LogP contribution in [0.15, 0.2) is 0 Å². The molecule has 0 aliphatic rings. The first-order valence-electron chi connectivity index (χ1n) is 3.11. The summed E-state index contributed by atoms with van der Waals surface area (Å²) < 4.78 is 14.1. The molecule has 0 heterocycles. The van der Waals surface area contributed by atoms with Crippen LogP contribution in [0.4, 0.5) is 0 Å². The monoisotopic (exact) mass is 202 g/mol. The fraction of sp³-hybridized carbons (Fsp3) is 0.800. The SMILES string of the molecule is N[C@@H](CCCOP=O)C(=O)O.[Na]. The summed E-state index contributed by atoms with van der Waals surface area (Å²) in [6, 6.07) is -0.845. The molecule has 0 amide bonds. The molecule has 0 aromatic carbocycles. The molecule has 0 spiro atoms. The first-order chi connectivity index (χ1) is 5.18. The van der Waals surface area contributed by atoms with Crippen LogP contribution in [0.2, 0.25) is 0 Å². The number of hydrogen-bond acceptors (Lipinski definition) is 4. The maximum absolute atomic E-state index is 10.1. The number of nitrogens with two attached hydrogens (primary N) is 1. The van der Waals surface area contributed by atoms with Crippen LogP contribution < -0.4 is 5.73 Å². The standard InChI is InChI=1S/C5H10NO4P.Na/c6-4(5(7)8)2-1-3-10-11-9;/h4H,1-3,6H2,(H,7,8);/t4-;/m0./s1. The molecule has 0 saturated heterocycles. The van der Waals surface area contributed by atoms with Gasteiger partial charge >= 0.3 is 14.7 Å². The van der Waals surface area contributed by atoms with E-state index in [0.29, 0.717) is 12.8 Å². The van der Waals surface area contributed by atoms with E-state index in [9.17, 15) is 9.36 Å². The summed E-state index contributed by atoms with van der Waals surface area (Å²) in [5, 5.41) is 8.31. The van der Waals surface area contributed by atoms with Crippen LogP contribution in [0.5, 0.6) is 0 Å². The van der Waals surface area contributed by atoms with Crippen molar-refractivity contribution in [2.75, 3.05) is 6.61 Å². The molecule has 7 heteroatoms. The second kappa shape index (κ2) is 9.58. The molecule has 1 radical (unpaired) electrons. The Hall–Kier alpha value is 0.490. The van der Waals surface area contributed by atoms with Crippen molar-refractivity contribution < 1.29 is 19.0 Å². The molecular weight excluding hydrogens is 192 g/mol. The number of carbonyl (C=O) groups is 1. The minimum atomic E-state index is -1.02. The van der Waals surface area contributed by atoms with Crippen molar-refractivity contribution in [3.05, 3.63) is 0 Å². The molecule has 0 rings (SSSR count). The van der Waals surface area contributed by atoms with Crippen LogP contribution in [-0.4, -0.2) is 53.3 Å². The van der Waals surface area contributed by atoms with E-state index in [0.717, 1.165) is 0 Å². The Balaban J connectivity index is 0. The molecule has 1 atom stereocenters. The number of hydrogen-bond donors (Lipinski definition) is 2. The number of carboxylic acid groups (broad SMARTS) is 1. The van der Waals surface area contributed by atoms with E-state index in [-0.39, 0.29) is 44.9 Å². The van der Waals surface area contributed by atoms with Crippen molar-refractivity contribution in [1.82, 2.24) is 0 Å². The molecule has 0 aromatic heterocycles. The number of rotatable bonds is 6. The van der Waals surface area contributed by atoms with Gasteiger partial charge in [-0.3, -0.25) is 9.32 Å². The van der Waals surface area contributed by atoms with Crippen molar-refractivity contribution in [2.45, 2.75) is 18.9 Å². The van der Waals surface area contributed by atoms with Gasteiger partial charge in [-0.2, -0.15) is 0 Å². The van der Waals surface area contributed by atoms with Gasteiger partial charge in [0, 0.05) is 29.6 Å². The molecule has 0 fully saturated rings. The third kappa shape index (κ3) is 8.59. The Bertz CT molecular complexity index is 145. The number of aliphatic carboxylic acids is 1. The topological polar surface area (TPSA) is 89.6 Å². The zero-order chi connectivity index (χ0) is 8.69. The summed E-state index contributed by atoms with van der Waals surface area (Å²) in [6.45, 7) is 0.270. The van der Waals surface area contributed by atoms with E-state index < -0.39 is 12.0 Å². The summed E-state index contributed by atoms with van der Waals surface area (Å²) in [7, 11) is -0.380. The predicted molar refractivity (Wildman–Crippen MR) is 44.2 cm³/mol. The molecule has 0 unspecified atom stereocenters. The molecule has 0 aliphatic heterocycles. The molecule has 0 aliphatic carbocycles. The summed E-state index contributed by atoms with van der Waals surface area (Å²) in [5.41, 5.74) is 5.16. The van der Waals surface area contributed by atoms with Gasteiger partial charge in [0.15, 0.2) is 0 Å². The van der Waals surface area contributed by atoms with E-state index in [1.165, 1.54) is 0 Å². The minimum Gasteiger partial charge on any atom is -0.480 e. The van der Waals surface area contributed by atoms with E-state index >= 15 is 0 Å². The molecule has 0 bridgehead atoms. The third-order valence-corrected chi connectivity index (χ3v) is 1.41. The molecule has 12 heavy (non-hydrogen) atoms. The van der Waals surface area contributed by atoms with Crippen molar-refractivity contribution in [1.29, 1.82) is 0 Å². The number of carboxylic acids is 1. The van der Waals surface area contributed by atoms with E-state index in [2.05, 4.69) is 4.52 Å². The normalized spacial score (nSPS) is 12.1. The summed E-state index contributed by atoms with van der Waals surface area (Å²) in [6.07, 6.45) is 0.841. The Morgan fingerprint density at radius 2 is 2.25 bits per heavy atom. The van der Waals surface area contributed by atoms with Gasteiger partial charge in [0.05, 0.1) is 6.61 Å². The Kier molecular flexibility index (Phi) is 12.0. The van der Waals surface area contributed by atoms with Crippen LogP contribution in [0, 0.1) is 0 Å². The van der Waals surface area contributed by atoms with Gasteiger partial charge in [0.1, 0.15) is 6.04 Å². The quantitative estimate of drug-likeness (QED) is 0.360. The average Bonchev–Trinajstić information content (AvgIpc) is 1.97. The van der Waals surface area contributed by atoms with Gasteiger partial charge in [0.25, 0.3) is 0 Å². The fourth-order valence-corrected chi connectivity index (χ4v) is 0.732. The van der Waals surface area contributed by atoms with Crippen LogP contribution in [-0.2, 0) is 13.9 Å². The van der Waals surface area contributed by atoms with E-state index in [1.807, 2.05) is 0 Å². The van der Waals surface area contributed by atoms with Crippen LogP contribution in [0.25, 0.3) is 0 Å². The Labute approximate surface area is 94.2 Å². The first kappa shape index (κ1) is 15.0. The molecule has 5 nitrogen and oxygen atoms in total. The zero-order valence-corrected chi connectivity index (χ0v) is 9.79. The van der Waals surface area contributed by atoms with Crippen LogP contribution >= 0.6 is 8.69 Å². The third-order valence-electron chi connectivity index (χ3n) is 1.12. The fourth-order valence-electron chi connectivity index (χ4n) is 0.529. The second-order valence-corrected chi connectivity index (χ2v) is 2.40. The van der Waals surface area contributed by atoms with Gasteiger partial charge in [-0.15, -0.1) is 0 Å². The van der Waals surface area contributed by atoms with Gasteiger partial charge < -0.3 is 10.8 Å². The van der Waals surface area contributed by atoms with Gasteiger partial charge in [-0.1, -0.05) is 0 Å². The summed E-state index contributed by atoms with van der Waals surface area (Å²) >= 11 is 0. The van der Waals surface area contributed by atoms with Crippen LogP contribution in [0.3, 0.4) is 0 Å². The van der Waals surface area contributed by atoms with Crippen molar-refractivity contribution in [3.63, 3.8) is 0 Å². The van der Waals surface area contributed by atoms with E-state index in [1.54, 1.807) is 0 Å². The molecule has 0 saturated carbocycles. The maximum Gasteiger partial charge on any atom is 0.327 e. The van der Waals surface area contributed by atoms with Crippen molar-refractivity contribution in [3.8, 4) is 0 Å².